The van der Waals surface area contributed by atoms with Crippen LogP contribution < -0.4 is 0 Å². The average Bonchev–Trinajstić information content (AvgIpc) is 2.79. The molecule has 0 radical (unpaired) electrons. The minimum absolute atomic E-state index is 0. The van der Waals surface area contributed by atoms with E-state index in [2.05, 4.69) is 84.5 Å². The molecule has 0 bridgehead atoms. The monoisotopic (exact) mass is 440 g/mol. The lowest BCUT2D eigenvalue weighted by atomic mass is 9.91. The molecule has 0 nitrogen and oxygen atoms in total. The first kappa shape index (κ1) is 34.8. The molecule has 1 unspecified atom stereocenters. The third kappa shape index (κ3) is 13.6. The van der Waals surface area contributed by atoms with E-state index in [-0.39, 0.29) is 7.43 Å². The lowest BCUT2D eigenvalue weighted by Gasteiger charge is -2.14. The first-order chi connectivity index (χ1) is 14.8. The molecule has 2 aromatic rings. The van der Waals surface area contributed by atoms with E-state index in [1.807, 2.05) is 34.6 Å². The summed E-state index contributed by atoms with van der Waals surface area (Å²) in [6.45, 7) is 26.9. The highest BCUT2D eigenvalue weighted by molar-refractivity contribution is 5.39. The molecule has 2 aromatic carbocycles. The predicted molar refractivity (Wildman–Crippen MR) is 152 cm³/mol. The highest BCUT2D eigenvalue weighted by atomic mass is 14.1. The fourth-order valence-electron chi connectivity index (χ4n) is 3.32. The molecule has 0 saturated heterocycles. The van der Waals surface area contributed by atoms with Crippen LogP contribution in [0, 0.1) is 26.7 Å². The Morgan fingerprint density at radius 3 is 1.72 bits per heavy atom. The van der Waals surface area contributed by atoms with Gasteiger partial charge in [-0.1, -0.05) is 105 Å². The van der Waals surface area contributed by atoms with E-state index in [0.29, 0.717) is 5.92 Å². The maximum Gasteiger partial charge on any atom is -0.0190 e. The second-order valence-electron chi connectivity index (χ2n) is 8.31. The third-order valence-corrected chi connectivity index (χ3v) is 5.58. The van der Waals surface area contributed by atoms with Gasteiger partial charge in [-0.2, -0.15) is 0 Å². The molecular formula is C32H56. The maximum atomic E-state index is 3.36. The van der Waals surface area contributed by atoms with Crippen molar-refractivity contribution < 1.29 is 0 Å². The normalized spacial score (nSPS) is 10.2. The standard InChI is InChI=1S/C24H34.C3H6.2C2H6.CH4/c1-17(2)7-8-19(4)23-14-10-22(11-15-23)12-16-24-13-9-18(3)20(5)21(24)6;1-3-2;2*1-2;/h9-11,13-15,17,19H,7-8,12,16H2,1-6H3;3H,1H2,2H3;2*1-2H3;1H4. The van der Waals surface area contributed by atoms with Gasteiger partial charge in [0.15, 0.2) is 0 Å². The Kier molecular flexibility index (Phi) is 22.9. The van der Waals surface area contributed by atoms with Gasteiger partial charge >= 0.3 is 0 Å². The number of hydrogen-bond donors (Lipinski definition) is 0. The van der Waals surface area contributed by atoms with Crippen LogP contribution in [0.15, 0.2) is 49.1 Å². The first-order valence-corrected chi connectivity index (χ1v) is 12.5. The van der Waals surface area contributed by atoms with Crippen LogP contribution in [0.4, 0.5) is 0 Å². The van der Waals surface area contributed by atoms with Crippen molar-refractivity contribution >= 4 is 0 Å². The van der Waals surface area contributed by atoms with E-state index in [4.69, 9.17) is 0 Å². The number of benzene rings is 2. The number of allylic oxidation sites excluding steroid dienone is 1. The Morgan fingerprint density at radius 2 is 1.25 bits per heavy atom. The van der Waals surface area contributed by atoms with E-state index in [1.165, 1.54) is 46.2 Å². The summed E-state index contributed by atoms with van der Waals surface area (Å²) >= 11 is 0. The summed E-state index contributed by atoms with van der Waals surface area (Å²) < 4.78 is 0. The van der Waals surface area contributed by atoms with Crippen molar-refractivity contribution in [3.63, 3.8) is 0 Å². The molecule has 0 saturated carbocycles. The van der Waals surface area contributed by atoms with Gasteiger partial charge < -0.3 is 0 Å². The Labute approximate surface area is 203 Å². The molecule has 0 fully saturated rings. The summed E-state index contributed by atoms with van der Waals surface area (Å²) in [7, 11) is 0. The van der Waals surface area contributed by atoms with Crippen molar-refractivity contribution in [2.75, 3.05) is 0 Å². The van der Waals surface area contributed by atoms with Crippen LogP contribution in [-0.4, -0.2) is 0 Å². The third-order valence-electron chi connectivity index (χ3n) is 5.58. The molecule has 0 aromatic heterocycles. The van der Waals surface area contributed by atoms with Crippen LogP contribution in [-0.2, 0) is 12.8 Å². The number of hydrogen-bond acceptors (Lipinski definition) is 0. The van der Waals surface area contributed by atoms with Gasteiger partial charge in [0.25, 0.3) is 0 Å². The fraction of sp³-hybridized carbons (Fsp3) is 0.562. The average molecular weight is 441 g/mol. The van der Waals surface area contributed by atoms with Gasteiger partial charge in [-0.05, 0) is 92.2 Å². The molecule has 0 aliphatic carbocycles. The van der Waals surface area contributed by atoms with Crippen molar-refractivity contribution in [2.24, 2.45) is 5.92 Å². The van der Waals surface area contributed by atoms with Crippen molar-refractivity contribution in [3.8, 4) is 0 Å². The molecule has 0 heteroatoms. The maximum absolute atomic E-state index is 3.36. The highest BCUT2D eigenvalue weighted by Crippen LogP contribution is 2.24. The fourth-order valence-corrected chi connectivity index (χ4v) is 3.32. The van der Waals surface area contributed by atoms with Gasteiger partial charge in [0.05, 0.1) is 0 Å². The molecule has 1 atom stereocenters. The highest BCUT2D eigenvalue weighted by Gasteiger charge is 2.08. The van der Waals surface area contributed by atoms with Crippen LogP contribution in [0.3, 0.4) is 0 Å². The summed E-state index contributed by atoms with van der Waals surface area (Å²) in [5, 5.41) is 0. The molecule has 184 valence electrons. The van der Waals surface area contributed by atoms with Crippen LogP contribution >= 0.6 is 0 Å². The number of rotatable bonds is 7. The molecular weight excluding hydrogens is 384 g/mol. The van der Waals surface area contributed by atoms with Crippen LogP contribution in [0.2, 0.25) is 0 Å². The first-order valence-electron chi connectivity index (χ1n) is 12.5. The lowest BCUT2D eigenvalue weighted by molar-refractivity contribution is 0.517. The Balaban J connectivity index is -0.000000946. The van der Waals surface area contributed by atoms with Crippen LogP contribution in [0.25, 0.3) is 0 Å². The lowest BCUT2D eigenvalue weighted by Crippen LogP contribution is -1.99. The SMILES string of the molecule is C.C=CC.CC.CC.Cc1ccc(CCc2ccc(C(C)CCC(C)C)cc2)c(C)c1C. The molecule has 0 heterocycles. The molecule has 0 aliphatic rings. The van der Waals surface area contributed by atoms with Crippen molar-refractivity contribution in [2.45, 2.75) is 115 Å². The van der Waals surface area contributed by atoms with Gasteiger partial charge in [0, 0.05) is 0 Å². The molecule has 0 spiro atoms. The van der Waals surface area contributed by atoms with Crippen LogP contribution in [0.1, 0.15) is 115 Å². The molecule has 0 amide bonds. The van der Waals surface area contributed by atoms with E-state index < -0.39 is 0 Å². The largest absolute Gasteiger partial charge is 0.103 e. The molecule has 2 rings (SSSR count). The van der Waals surface area contributed by atoms with E-state index in [9.17, 15) is 0 Å². The molecule has 32 heavy (non-hydrogen) atoms. The summed E-state index contributed by atoms with van der Waals surface area (Å²) in [5.41, 5.74) is 8.74. The predicted octanol–water partition coefficient (Wildman–Crippen LogP) is 10.8. The van der Waals surface area contributed by atoms with E-state index in [1.54, 1.807) is 6.08 Å². The van der Waals surface area contributed by atoms with Gasteiger partial charge in [-0.15, -0.1) is 6.58 Å². The quantitative estimate of drug-likeness (QED) is 0.375. The zero-order valence-corrected chi connectivity index (χ0v) is 22.7. The van der Waals surface area contributed by atoms with E-state index >= 15 is 0 Å². The number of aryl methyl sites for hydroxylation is 3. The van der Waals surface area contributed by atoms with E-state index in [0.717, 1.165) is 18.8 Å². The Bertz CT molecular complexity index is 689. The summed E-state index contributed by atoms with van der Waals surface area (Å²) in [6.07, 6.45) is 6.62. The summed E-state index contributed by atoms with van der Waals surface area (Å²) in [4.78, 5) is 0. The van der Waals surface area contributed by atoms with Crippen molar-refractivity contribution in [1.29, 1.82) is 0 Å². The summed E-state index contributed by atoms with van der Waals surface area (Å²) in [5.74, 6) is 1.47. The van der Waals surface area contributed by atoms with Gasteiger partial charge in [-0.25, -0.2) is 0 Å². The van der Waals surface area contributed by atoms with Gasteiger partial charge in [0.1, 0.15) is 0 Å². The zero-order chi connectivity index (χ0) is 24.4. The van der Waals surface area contributed by atoms with Gasteiger partial charge in [-0.3, -0.25) is 0 Å². The topological polar surface area (TPSA) is 0 Å². The minimum Gasteiger partial charge on any atom is -0.103 e. The molecule has 0 aliphatic heterocycles. The van der Waals surface area contributed by atoms with Gasteiger partial charge in [0.2, 0.25) is 0 Å². The Morgan fingerprint density at radius 1 is 0.750 bits per heavy atom. The zero-order valence-electron chi connectivity index (χ0n) is 22.7. The van der Waals surface area contributed by atoms with Crippen molar-refractivity contribution in [3.05, 3.63) is 82.4 Å². The summed E-state index contributed by atoms with van der Waals surface area (Å²) in [6, 6.07) is 13.9. The smallest absolute Gasteiger partial charge is 0.0190 e. The van der Waals surface area contributed by atoms with Crippen LogP contribution in [0.5, 0.6) is 0 Å². The Hall–Kier alpha value is -1.82. The van der Waals surface area contributed by atoms with Crippen molar-refractivity contribution in [1.82, 2.24) is 0 Å². The second-order valence-corrected chi connectivity index (χ2v) is 8.31. The second kappa shape index (κ2) is 21.0. The minimum atomic E-state index is 0. The molecule has 0 N–H and O–H groups in total.